The number of aliphatic hydroxyl groups is 1. The highest BCUT2D eigenvalue weighted by molar-refractivity contribution is 5.59. The molecular weight excluding hydrogens is 224 g/mol. The highest BCUT2D eigenvalue weighted by atomic mass is 16.2. The monoisotopic (exact) mass is 240 g/mol. The third kappa shape index (κ3) is 1.72. The molecular formula is C15H16N2O. The maximum atomic E-state index is 9.05. The molecule has 0 amide bonds. The molecule has 1 aliphatic rings. The van der Waals surface area contributed by atoms with E-state index >= 15 is 0 Å². The fraction of sp³-hybridized carbons (Fsp3) is 0.267. The fourth-order valence-electron chi connectivity index (χ4n) is 2.54. The summed E-state index contributed by atoms with van der Waals surface area (Å²) in [5.41, 5.74) is 4.23. The fourth-order valence-corrected chi connectivity index (χ4v) is 2.54. The quantitative estimate of drug-likeness (QED) is 0.817. The molecule has 1 atom stereocenters. The van der Waals surface area contributed by atoms with Gasteiger partial charge in [0.1, 0.15) is 0 Å². The van der Waals surface area contributed by atoms with Gasteiger partial charge in [0.05, 0.1) is 18.0 Å². The lowest BCUT2D eigenvalue weighted by Gasteiger charge is -2.12. The van der Waals surface area contributed by atoms with Crippen LogP contribution in [-0.4, -0.2) is 14.9 Å². The number of aliphatic hydroxyl groups excluding tert-OH is 1. The maximum absolute atomic E-state index is 9.05. The molecule has 0 radical (unpaired) electrons. The first-order chi connectivity index (χ1) is 8.79. The van der Waals surface area contributed by atoms with Gasteiger partial charge in [-0.1, -0.05) is 30.3 Å². The summed E-state index contributed by atoms with van der Waals surface area (Å²) in [5, 5.41) is 13.7. The first-order valence-corrected chi connectivity index (χ1v) is 6.24. The average Bonchev–Trinajstić information content (AvgIpc) is 2.98. The molecule has 18 heavy (non-hydrogen) atoms. The number of hydrogen-bond acceptors (Lipinski definition) is 2. The van der Waals surface area contributed by atoms with E-state index in [9.17, 15) is 0 Å². The second-order valence-electron chi connectivity index (χ2n) is 4.74. The highest BCUT2D eigenvalue weighted by Gasteiger charge is 2.25. The van der Waals surface area contributed by atoms with Gasteiger partial charge < -0.3 is 5.11 Å². The number of nitrogens with zero attached hydrogens (tertiary/aromatic N) is 2. The van der Waals surface area contributed by atoms with Crippen LogP contribution in [0.2, 0.25) is 0 Å². The third-order valence-corrected chi connectivity index (χ3v) is 3.56. The van der Waals surface area contributed by atoms with Crippen molar-refractivity contribution in [3.63, 3.8) is 0 Å². The highest BCUT2D eigenvalue weighted by Crippen LogP contribution is 2.32. The van der Waals surface area contributed by atoms with Gasteiger partial charge >= 0.3 is 0 Å². The van der Waals surface area contributed by atoms with Gasteiger partial charge in [-0.3, -0.25) is 4.68 Å². The molecule has 2 aromatic rings. The minimum Gasteiger partial charge on any atom is -0.515 e. The number of rotatable bonds is 2. The Kier molecular flexibility index (Phi) is 2.67. The second-order valence-corrected chi connectivity index (χ2v) is 4.74. The Balaban J connectivity index is 1.99. The van der Waals surface area contributed by atoms with Crippen LogP contribution in [0.1, 0.15) is 36.3 Å². The summed E-state index contributed by atoms with van der Waals surface area (Å²) in [7, 11) is 0. The largest absolute Gasteiger partial charge is 0.515 e. The molecule has 1 N–H and O–H groups in total. The number of aryl methyl sites for hydroxylation is 1. The van der Waals surface area contributed by atoms with Crippen molar-refractivity contribution in [2.75, 3.05) is 0 Å². The molecule has 1 aromatic heterocycles. The molecule has 0 bridgehead atoms. The number of hydrogen-bond donors (Lipinski definition) is 1. The maximum Gasteiger partial charge on any atom is 0.0913 e. The summed E-state index contributed by atoms with van der Waals surface area (Å²) in [6, 6.07) is 12.9. The third-order valence-electron chi connectivity index (χ3n) is 3.56. The zero-order chi connectivity index (χ0) is 12.5. The van der Waals surface area contributed by atoms with E-state index in [1.165, 1.54) is 11.3 Å². The Hall–Kier alpha value is -2.03. The first-order valence-electron chi connectivity index (χ1n) is 6.24. The summed E-state index contributed by atoms with van der Waals surface area (Å²) in [6.07, 6.45) is 3.27. The van der Waals surface area contributed by atoms with E-state index < -0.39 is 0 Å². The summed E-state index contributed by atoms with van der Waals surface area (Å²) < 4.78 is 2.09. The molecule has 0 fully saturated rings. The predicted molar refractivity (Wildman–Crippen MR) is 71.4 cm³/mol. The lowest BCUT2D eigenvalue weighted by atomic mass is 10.1. The Morgan fingerprint density at radius 2 is 2.17 bits per heavy atom. The van der Waals surface area contributed by atoms with Crippen molar-refractivity contribution in [3.8, 4) is 0 Å². The zero-order valence-corrected chi connectivity index (χ0v) is 10.4. The van der Waals surface area contributed by atoms with Crippen molar-refractivity contribution >= 4 is 5.57 Å². The van der Waals surface area contributed by atoms with Gasteiger partial charge in [-0.25, -0.2) is 0 Å². The van der Waals surface area contributed by atoms with Gasteiger partial charge in [0.2, 0.25) is 0 Å². The second kappa shape index (κ2) is 4.33. The zero-order valence-electron chi connectivity index (χ0n) is 10.4. The summed E-state index contributed by atoms with van der Waals surface area (Å²) >= 11 is 0. The Labute approximate surface area is 106 Å². The Bertz CT molecular complexity index is 584. The van der Waals surface area contributed by atoms with Gasteiger partial charge in [0.15, 0.2) is 0 Å². The smallest absolute Gasteiger partial charge is 0.0913 e. The van der Waals surface area contributed by atoms with E-state index in [4.69, 9.17) is 5.11 Å². The van der Waals surface area contributed by atoms with Crippen molar-refractivity contribution in [1.82, 2.24) is 9.78 Å². The molecule has 1 aromatic carbocycles. The van der Waals surface area contributed by atoms with Crippen molar-refractivity contribution < 1.29 is 5.11 Å². The molecule has 0 aliphatic carbocycles. The number of fused-ring (bicyclic) bond motifs is 1. The molecule has 0 saturated carbocycles. The van der Waals surface area contributed by atoms with Crippen LogP contribution in [-0.2, 0) is 6.42 Å². The lowest BCUT2D eigenvalue weighted by Crippen LogP contribution is -2.07. The van der Waals surface area contributed by atoms with Gasteiger partial charge in [0, 0.05) is 11.3 Å². The summed E-state index contributed by atoms with van der Waals surface area (Å²) in [5.74, 6) is 0. The number of allylic oxidation sites excluding steroid dienone is 1. The molecule has 2 heterocycles. The lowest BCUT2D eigenvalue weighted by molar-refractivity contribution is 0.475. The van der Waals surface area contributed by atoms with E-state index in [0.717, 1.165) is 30.4 Å². The average molecular weight is 240 g/mol. The SMILES string of the molecule is CC(=CO)c1cc2n(n1)C(c1ccccc1)CC2. The van der Waals surface area contributed by atoms with Crippen LogP contribution in [0.25, 0.3) is 5.57 Å². The van der Waals surface area contributed by atoms with Crippen LogP contribution in [0.3, 0.4) is 0 Å². The van der Waals surface area contributed by atoms with Crippen molar-refractivity contribution in [3.05, 3.63) is 59.6 Å². The standard InChI is InChI=1S/C15H16N2O/c1-11(10-18)14-9-13-7-8-15(17(13)16-14)12-5-3-2-4-6-12/h2-6,9-10,15,18H,7-8H2,1H3. The van der Waals surface area contributed by atoms with Gasteiger partial charge in [0.25, 0.3) is 0 Å². The molecule has 3 heteroatoms. The molecule has 0 spiro atoms. The van der Waals surface area contributed by atoms with E-state index in [2.05, 4.69) is 40.1 Å². The van der Waals surface area contributed by atoms with Gasteiger partial charge in [-0.15, -0.1) is 0 Å². The first kappa shape index (κ1) is 11.1. The van der Waals surface area contributed by atoms with Crippen LogP contribution in [0.15, 0.2) is 42.7 Å². The van der Waals surface area contributed by atoms with Crippen molar-refractivity contribution in [1.29, 1.82) is 0 Å². The van der Waals surface area contributed by atoms with Crippen molar-refractivity contribution in [2.45, 2.75) is 25.8 Å². The summed E-state index contributed by atoms with van der Waals surface area (Å²) in [4.78, 5) is 0. The Morgan fingerprint density at radius 3 is 2.89 bits per heavy atom. The van der Waals surface area contributed by atoms with Gasteiger partial charge in [-0.05, 0) is 31.4 Å². The van der Waals surface area contributed by atoms with E-state index in [1.807, 2.05) is 13.0 Å². The van der Waals surface area contributed by atoms with E-state index in [1.54, 1.807) is 0 Å². The number of aromatic nitrogens is 2. The minimum atomic E-state index is 0.335. The van der Waals surface area contributed by atoms with Crippen LogP contribution in [0.5, 0.6) is 0 Å². The predicted octanol–water partition coefficient (Wildman–Crippen LogP) is 3.34. The van der Waals surface area contributed by atoms with Gasteiger partial charge in [-0.2, -0.15) is 5.10 Å². The topological polar surface area (TPSA) is 38.0 Å². The molecule has 92 valence electrons. The molecule has 3 nitrogen and oxygen atoms in total. The van der Waals surface area contributed by atoms with Crippen LogP contribution in [0.4, 0.5) is 0 Å². The molecule has 1 aliphatic heterocycles. The van der Waals surface area contributed by atoms with Crippen LogP contribution >= 0.6 is 0 Å². The van der Waals surface area contributed by atoms with Crippen molar-refractivity contribution in [2.24, 2.45) is 0 Å². The van der Waals surface area contributed by atoms with E-state index in [0.29, 0.717) is 6.04 Å². The van der Waals surface area contributed by atoms with E-state index in [-0.39, 0.29) is 0 Å². The van der Waals surface area contributed by atoms with Crippen LogP contribution < -0.4 is 0 Å². The summed E-state index contributed by atoms with van der Waals surface area (Å²) in [6.45, 7) is 1.87. The molecule has 0 saturated heterocycles. The van der Waals surface area contributed by atoms with Crippen LogP contribution in [0, 0.1) is 0 Å². The normalized spacial score (nSPS) is 18.9. The molecule has 3 rings (SSSR count). The molecule has 1 unspecified atom stereocenters. The minimum absolute atomic E-state index is 0.335. The number of benzene rings is 1. The Morgan fingerprint density at radius 1 is 1.39 bits per heavy atom.